The van der Waals surface area contributed by atoms with E-state index in [9.17, 15) is 9.90 Å². The fourth-order valence-corrected chi connectivity index (χ4v) is 3.76. The molecule has 0 aromatic heterocycles. The Bertz CT molecular complexity index is 568. The van der Waals surface area contributed by atoms with Gasteiger partial charge < -0.3 is 20.1 Å². The molecule has 146 valence electrons. The molecule has 2 rings (SSSR count). The fourth-order valence-electron chi connectivity index (χ4n) is 3.76. The highest BCUT2D eigenvalue weighted by Gasteiger charge is 2.40. The summed E-state index contributed by atoms with van der Waals surface area (Å²) in [7, 11) is 0. The van der Waals surface area contributed by atoms with Crippen molar-refractivity contribution in [2.75, 3.05) is 19.7 Å². The van der Waals surface area contributed by atoms with Crippen LogP contribution in [0.4, 0.5) is 4.79 Å². The molecule has 1 fully saturated rings. The van der Waals surface area contributed by atoms with E-state index in [-0.39, 0.29) is 36.6 Å². The van der Waals surface area contributed by atoms with Gasteiger partial charge in [0.25, 0.3) is 0 Å². The molecule has 1 amide bonds. The molecule has 1 heterocycles. The summed E-state index contributed by atoms with van der Waals surface area (Å²) < 4.78 is 5.71. The van der Waals surface area contributed by atoms with Crippen LogP contribution in [0.2, 0.25) is 0 Å². The Morgan fingerprint density at radius 1 is 1.27 bits per heavy atom. The highest BCUT2D eigenvalue weighted by atomic mass is 16.6. The summed E-state index contributed by atoms with van der Waals surface area (Å²) >= 11 is 0. The maximum atomic E-state index is 13.0. The van der Waals surface area contributed by atoms with E-state index in [4.69, 9.17) is 4.74 Å². The van der Waals surface area contributed by atoms with Crippen molar-refractivity contribution in [2.24, 2.45) is 11.8 Å². The molecule has 3 atom stereocenters. The van der Waals surface area contributed by atoms with Gasteiger partial charge in [-0.3, -0.25) is 0 Å². The Morgan fingerprint density at radius 3 is 2.46 bits per heavy atom. The molecule has 1 aliphatic heterocycles. The van der Waals surface area contributed by atoms with Gasteiger partial charge in [-0.15, -0.1) is 0 Å². The Hall–Kier alpha value is -1.59. The third-order valence-electron chi connectivity index (χ3n) is 4.93. The normalized spacial score (nSPS) is 21.7. The molecule has 0 saturated carbocycles. The van der Waals surface area contributed by atoms with Crippen molar-refractivity contribution in [2.45, 2.75) is 58.7 Å². The first-order chi connectivity index (χ1) is 12.2. The third kappa shape index (κ3) is 5.45. The lowest BCUT2D eigenvalue weighted by Gasteiger charge is -2.40. The first kappa shape index (κ1) is 20.7. The number of nitrogens with one attached hydrogen (secondary N) is 1. The van der Waals surface area contributed by atoms with Crippen molar-refractivity contribution in [3.8, 4) is 0 Å². The van der Waals surface area contributed by atoms with Crippen molar-refractivity contribution in [1.29, 1.82) is 0 Å². The lowest BCUT2D eigenvalue weighted by atomic mass is 9.84. The van der Waals surface area contributed by atoms with Gasteiger partial charge >= 0.3 is 6.09 Å². The van der Waals surface area contributed by atoms with Crippen molar-refractivity contribution in [3.05, 3.63) is 35.9 Å². The topological polar surface area (TPSA) is 61.8 Å². The number of nitrogens with zero attached hydrogens (tertiary/aromatic N) is 1. The van der Waals surface area contributed by atoms with Crippen LogP contribution in [-0.4, -0.2) is 53.5 Å². The predicted molar refractivity (Wildman–Crippen MR) is 104 cm³/mol. The summed E-state index contributed by atoms with van der Waals surface area (Å²) in [5.41, 5.74) is 0.654. The lowest BCUT2D eigenvalue weighted by Crippen LogP contribution is -2.53. The van der Waals surface area contributed by atoms with Gasteiger partial charge in [-0.2, -0.15) is 0 Å². The number of aliphatic hydroxyl groups is 1. The van der Waals surface area contributed by atoms with Gasteiger partial charge in [0.15, 0.2) is 0 Å². The smallest absolute Gasteiger partial charge is 0.410 e. The largest absolute Gasteiger partial charge is 0.444 e. The van der Waals surface area contributed by atoms with Crippen LogP contribution in [0.25, 0.3) is 0 Å². The summed E-state index contributed by atoms with van der Waals surface area (Å²) in [6, 6.07) is 10.2. The molecule has 1 saturated heterocycles. The van der Waals surface area contributed by atoms with Crippen LogP contribution in [0.15, 0.2) is 30.3 Å². The quantitative estimate of drug-likeness (QED) is 0.816. The molecule has 0 aliphatic carbocycles. The number of hydrogen-bond donors (Lipinski definition) is 2. The second-order valence-electron chi connectivity index (χ2n) is 8.50. The molecular formula is C21H34N2O3. The zero-order valence-electron chi connectivity index (χ0n) is 16.7. The standard InChI is InChI=1S/C21H34N2O3/c1-15(2)23(20(25)26-21(3,4)5)19(11-16-9-7-6-8-10-16)18-13-22-12-17(18)14-24/h6-10,15,17-19,22,24H,11-14H2,1-5H3/t17-,18-,19?/m1/s1. The number of benzene rings is 1. The highest BCUT2D eigenvalue weighted by Crippen LogP contribution is 2.29. The van der Waals surface area contributed by atoms with E-state index in [0.29, 0.717) is 0 Å². The minimum Gasteiger partial charge on any atom is -0.444 e. The van der Waals surface area contributed by atoms with Gasteiger partial charge in [0.05, 0.1) is 0 Å². The van der Waals surface area contributed by atoms with Crippen LogP contribution in [0, 0.1) is 11.8 Å². The van der Waals surface area contributed by atoms with Crippen LogP contribution in [0.3, 0.4) is 0 Å². The van der Waals surface area contributed by atoms with E-state index in [0.717, 1.165) is 19.5 Å². The molecule has 1 aliphatic rings. The highest BCUT2D eigenvalue weighted by molar-refractivity contribution is 5.69. The van der Waals surface area contributed by atoms with Crippen molar-refractivity contribution in [1.82, 2.24) is 10.2 Å². The molecule has 0 spiro atoms. The summed E-state index contributed by atoms with van der Waals surface area (Å²) in [6.07, 6.45) is 0.471. The number of amides is 1. The summed E-state index contributed by atoms with van der Waals surface area (Å²) in [5, 5.41) is 13.2. The average Bonchev–Trinajstić information content (AvgIpc) is 3.01. The molecule has 1 aromatic carbocycles. The van der Waals surface area contributed by atoms with Crippen LogP contribution >= 0.6 is 0 Å². The number of rotatable bonds is 6. The minimum atomic E-state index is -0.536. The maximum absolute atomic E-state index is 13.0. The van der Waals surface area contributed by atoms with Crippen LogP contribution in [0.5, 0.6) is 0 Å². The van der Waals surface area contributed by atoms with E-state index in [2.05, 4.69) is 17.4 Å². The molecule has 0 radical (unpaired) electrons. The second-order valence-corrected chi connectivity index (χ2v) is 8.50. The average molecular weight is 363 g/mol. The van der Waals surface area contributed by atoms with E-state index < -0.39 is 5.60 Å². The first-order valence-corrected chi connectivity index (χ1v) is 9.59. The van der Waals surface area contributed by atoms with E-state index in [1.165, 1.54) is 5.56 Å². The van der Waals surface area contributed by atoms with Crippen LogP contribution in [0.1, 0.15) is 40.2 Å². The third-order valence-corrected chi connectivity index (χ3v) is 4.93. The predicted octanol–water partition coefficient (Wildman–Crippen LogP) is 3.07. The summed E-state index contributed by atoms with van der Waals surface area (Å²) in [6.45, 7) is 11.4. The molecule has 0 bridgehead atoms. The van der Waals surface area contributed by atoms with Crippen LogP contribution < -0.4 is 5.32 Å². The van der Waals surface area contributed by atoms with Gasteiger partial charge in [-0.25, -0.2) is 4.79 Å². The number of aliphatic hydroxyl groups excluding tert-OH is 1. The molecule has 1 aromatic rings. The Morgan fingerprint density at radius 2 is 1.92 bits per heavy atom. The SMILES string of the molecule is CC(C)N(C(=O)OC(C)(C)C)C(Cc1ccccc1)[C@@H]1CNC[C@@H]1CO. The van der Waals surface area contributed by atoms with Crippen molar-refractivity contribution in [3.63, 3.8) is 0 Å². The number of carbonyl (C=O) groups is 1. The second kappa shape index (κ2) is 8.87. The van der Waals surface area contributed by atoms with Gasteiger partial charge in [-0.1, -0.05) is 30.3 Å². The van der Waals surface area contributed by atoms with Gasteiger partial charge in [-0.05, 0) is 52.5 Å². The van der Waals surface area contributed by atoms with E-state index >= 15 is 0 Å². The van der Waals surface area contributed by atoms with E-state index in [1.807, 2.05) is 57.7 Å². The molecule has 26 heavy (non-hydrogen) atoms. The Kier molecular flexibility index (Phi) is 7.07. The summed E-state index contributed by atoms with van der Waals surface area (Å²) in [5.74, 6) is 0.336. The fraction of sp³-hybridized carbons (Fsp3) is 0.667. The van der Waals surface area contributed by atoms with E-state index in [1.54, 1.807) is 0 Å². The maximum Gasteiger partial charge on any atom is 0.410 e. The number of hydrogen-bond acceptors (Lipinski definition) is 4. The monoisotopic (exact) mass is 362 g/mol. The molecular weight excluding hydrogens is 328 g/mol. The first-order valence-electron chi connectivity index (χ1n) is 9.59. The van der Waals surface area contributed by atoms with Crippen molar-refractivity contribution >= 4 is 6.09 Å². The molecule has 5 nitrogen and oxygen atoms in total. The molecule has 5 heteroatoms. The minimum absolute atomic E-state index is 0.0125. The zero-order chi connectivity index (χ0) is 19.3. The van der Waals surface area contributed by atoms with Gasteiger partial charge in [0, 0.05) is 37.7 Å². The molecule has 2 N–H and O–H groups in total. The molecule has 1 unspecified atom stereocenters. The Labute approximate surface area is 157 Å². The van der Waals surface area contributed by atoms with Gasteiger partial charge in [0.2, 0.25) is 0 Å². The number of carbonyl (C=O) groups excluding carboxylic acids is 1. The van der Waals surface area contributed by atoms with Crippen LogP contribution in [-0.2, 0) is 11.2 Å². The number of ether oxygens (including phenoxy) is 1. The van der Waals surface area contributed by atoms with Gasteiger partial charge in [0.1, 0.15) is 5.60 Å². The zero-order valence-corrected chi connectivity index (χ0v) is 16.7. The summed E-state index contributed by atoms with van der Waals surface area (Å²) in [4.78, 5) is 14.9. The Balaban J connectivity index is 2.33. The lowest BCUT2D eigenvalue weighted by molar-refractivity contribution is -0.00296. The van der Waals surface area contributed by atoms with Crippen molar-refractivity contribution < 1.29 is 14.6 Å².